The van der Waals surface area contributed by atoms with Gasteiger partial charge in [0, 0.05) is 5.56 Å². The maximum atomic E-state index is 5.85. The quantitative estimate of drug-likeness (QED) is 0.823. The second-order valence-corrected chi connectivity index (χ2v) is 4.66. The van der Waals surface area contributed by atoms with E-state index in [0.29, 0.717) is 5.82 Å². The molecule has 0 aliphatic heterocycles. The molecule has 0 unspecified atom stereocenters. The minimum absolute atomic E-state index is 0.529. The van der Waals surface area contributed by atoms with Crippen molar-refractivity contribution in [3.63, 3.8) is 0 Å². The minimum atomic E-state index is 0.529. The van der Waals surface area contributed by atoms with E-state index in [0.717, 1.165) is 11.3 Å². The molecule has 0 radical (unpaired) electrons. The van der Waals surface area contributed by atoms with Crippen molar-refractivity contribution in [1.82, 2.24) is 8.75 Å². The van der Waals surface area contributed by atoms with Gasteiger partial charge in [-0.15, -0.1) is 0 Å². The predicted octanol–water partition coefficient (Wildman–Crippen LogP) is 3.02. The first-order valence-electron chi connectivity index (χ1n) is 5.18. The third-order valence-electron chi connectivity index (χ3n) is 3.12. The Kier molecular flexibility index (Phi) is 2.68. The van der Waals surface area contributed by atoms with Crippen LogP contribution in [-0.2, 0) is 0 Å². The number of nitrogen functional groups attached to an aromatic ring is 1. The van der Waals surface area contributed by atoms with Crippen LogP contribution in [0.2, 0.25) is 0 Å². The lowest BCUT2D eigenvalue weighted by atomic mass is 9.92. The zero-order chi connectivity index (χ0) is 11.9. The van der Waals surface area contributed by atoms with Crippen molar-refractivity contribution >= 4 is 17.5 Å². The summed E-state index contributed by atoms with van der Waals surface area (Å²) in [5, 5.41) is 0. The standard InChI is InChI=1S/C12H15N3S/c1-6-5-7(2)9(4)10(8(6)3)11-12(13)15-16-14-11/h5H,1-4H3,(H2,13,15). The average molecular weight is 233 g/mol. The van der Waals surface area contributed by atoms with E-state index in [1.54, 1.807) is 0 Å². The van der Waals surface area contributed by atoms with Crippen molar-refractivity contribution in [2.45, 2.75) is 27.7 Å². The molecule has 1 aromatic heterocycles. The second-order valence-electron chi connectivity index (χ2n) is 4.13. The molecule has 84 valence electrons. The van der Waals surface area contributed by atoms with Crippen LogP contribution in [0, 0.1) is 27.7 Å². The number of anilines is 1. The minimum Gasteiger partial charge on any atom is -0.381 e. The molecule has 1 aromatic carbocycles. The van der Waals surface area contributed by atoms with Crippen molar-refractivity contribution in [3.8, 4) is 11.3 Å². The molecule has 0 aliphatic rings. The van der Waals surface area contributed by atoms with Gasteiger partial charge in [-0.2, -0.15) is 8.75 Å². The zero-order valence-corrected chi connectivity index (χ0v) is 10.8. The van der Waals surface area contributed by atoms with E-state index < -0.39 is 0 Å². The summed E-state index contributed by atoms with van der Waals surface area (Å²) in [6.45, 7) is 8.44. The topological polar surface area (TPSA) is 51.8 Å². The van der Waals surface area contributed by atoms with Crippen LogP contribution < -0.4 is 5.73 Å². The Balaban J connectivity index is 2.79. The monoisotopic (exact) mass is 233 g/mol. The number of hydrogen-bond acceptors (Lipinski definition) is 4. The molecule has 4 heteroatoms. The Bertz CT molecular complexity index is 517. The van der Waals surface area contributed by atoms with Gasteiger partial charge in [-0.3, -0.25) is 0 Å². The summed E-state index contributed by atoms with van der Waals surface area (Å²) in [4.78, 5) is 0. The summed E-state index contributed by atoms with van der Waals surface area (Å²) in [7, 11) is 0. The summed E-state index contributed by atoms with van der Waals surface area (Å²) in [5.74, 6) is 0.529. The van der Waals surface area contributed by atoms with Gasteiger partial charge in [-0.25, -0.2) is 0 Å². The number of hydrogen-bond donors (Lipinski definition) is 1. The van der Waals surface area contributed by atoms with Crippen LogP contribution in [0.15, 0.2) is 6.07 Å². The van der Waals surface area contributed by atoms with Crippen molar-refractivity contribution in [1.29, 1.82) is 0 Å². The van der Waals surface area contributed by atoms with E-state index in [1.807, 2.05) is 0 Å². The first-order valence-corrected chi connectivity index (χ1v) is 5.91. The van der Waals surface area contributed by atoms with Crippen molar-refractivity contribution in [2.75, 3.05) is 5.73 Å². The summed E-state index contributed by atoms with van der Waals surface area (Å²) in [5.41, 5.74) is 12.8. The fourth-order valence-electron chi connectivity index (χ4n) is 1.94. The van der Waals surface area contributed by atoms with Crippen LogP contribution in [0.5, 0.6) is 0 Å². The molecule has 1 heterocycles. The van der Waals surface area contributed by atoms with Gasteiger partial charge in [0.25, 0.3) is 0 Å². The third-order valence-corrected chi connectivity index (χ3v) is 3.66. The Labute approximate surface area is 99.6 Å². The van der Waals surface area contributed by atoms with E-state index in [2.05, 4.69) is 42.5 Å². The molecule has 2 aromatic rings. The van der Waals surface area contributed by atoms with Crippen LogP contribution in [0.4, 0.5) is 5.82 Å². The van der Waals surface area contributed by atoms with Crippen molar-refractivity contribution in [3.05, 3.63) is 28.3 Å². The number of nitrogens with zero attached hydrogens (tertiary/aromatic N) is 2. The molecule has 2 N–H and O–H groups in total. The van der Waals surface area contributed by atoms with Gasteiger partial charge >= 0.3 is 0 Å². The van der Waals surface area contributed by atoms with Crippen LogP contribution >= 0.6 is 11.7 Å². The third kappa shape index (κ3) is 1.59. The number of rotatable bonds is 1. The molecule has 16 heavy (non-hydrogen) atoms. The number of aromatic nitrogens is 2. The van der Waals surface area contributed by atoms with Gasteiger partial charge in [0.1, 0.15) is 5.69 Å². The lowest BCUT2D eigenvalue weighted by Crippen LogP contribution is -1.97. The molecule has 0 saturated carbocycles. The van der Waals surface area contributed by atoms with Gasteiger partial charge in [0.2, 0.25) is 0 Å². The molecule has 0 bridgehead atoms. The summed E-state index contributed by atoms with van der Waals surface area (Å²) < 4.78 is 8.34. The maximum Gasteiger partial charge on any atom is 0.165 e. The molecule has 0 fully saturated rings. The smallest absolute Gasteiger partial charge is 0.165 e. The predicted molar refractivity (Wildman–Crippen MR) is 68.7 cm³/mol. The fourth-order valence-corrected chi connectivity index (χ4v) is 2.42. The Morgan fingerprint density at radius 2 is 1.56 bits per heavy atom. The number of nitrogens with two attached hydrogens (primary N) is 1. The maximum absolute atomic E-state index is 5.85. The van der Waals surface area contributed by atoms with Gasteiger partial charge in [0.15, 0.2) is 5.82 Å². The zero-order valence-electron chi connectivity index (χ0n) is 9.96. The summed E-state index contributed by atoms with van der Waals surface area (Å²) >= 11 is 1.17. The molecule has 0 saturated heterocycles. The molecule has 0 aliphatic carbocycles. The molecule has 3 nitrogen and oxygen atoms in total. The van der Waals surface area contributed by atoms with Crippen molar-refractivity contribution in [2.24, 2.45) is 0 Å². The average Bonchev–Trinajstić information content (AvgIpc) is 2.63. The normalized spacial score (nSPS) is 10.8. The molecule has 0 spiro atoms. The second kappa shape index (κ2) is 3.87. The van der Waals surface area contributed by atoms with E-state index in [4.69, 9.17) is 5.73 Å². The molecule has 2 rings (SSSR count). The lowest BCUT2D eigenvalue weighted by Gasteiger charge is -2.13. The van der Waals surface area contributed by atoms with Gasteiger partial charge in [-0.05, 0) is 49.9 Å². The Hall–Kier alpha value is -1.42. The fraction of sp³-hybridized carbons (Fsp3) is 0.333. The van der Waals surface area contributed by atoms with Gasteiger partial charge in [0.05, 0.1) is 11.7 Å². The number of benzene rings is 1. The van der Waals surface area contributed by atoms with E-state index >= 15 is 0 Å². The van der Waals surface area contributed by atoms with Crippen LogP contribution in [0.1, 0.15) is 22.3 Å². The summed E-state index contributed by atoms with van der Waals surface area (Å²) in [6, 6.07) is 2.20. The largest absolute Gasteiger partial charge is 0.381 e. The first-order chi connectivity index (χ1) is 7.52. The molecular formula is C12H15N3S. The van der Waals surface area contributed by atoms with Gasteiger partial charge < -0.3 is 5.73 Å². The Morgan fingerprint density at radius 1 is 1.00 bits per heavy atom. The van der Waals surface area contributed by atoms with Gasteiger partial charge in [-0.1, -0.05) is 6.07 Å². The van der Waals surface area contributed by atoms with Crippen molar-refractivity contribution < 1.29 is 0 Å². The Morgan fingerprint density at radius 3 is 2.00 bits per heavy atom. The SMILES string of the molecule is Cc1cc(C)c(C)c(-c2nsnc2N)c1C. The van der Waals surface area contributed by atoms with Crippen LogP contribution in [0.3, 0.4) is 0 Å². The number of aryl methyl sites for hydroxylation is 2. The van der Waals surface area contributed by atoms with E-state index in [9.17, 15) is 0 Å². The van der Waals surface area contributed by atoms with E-state index in [-0.39, 0.29) is 0 Å². The molecule has 0 atom stereocenters. The van der Waals surface area contributed by atoms with E-state index in [1.165, 1.54) is 34.0 Å². The molecular weight excluding hydrogens is 218 g/mol. The van der Waals surface area contributed by atoms with Crippen LogP contribution in [0.25, 0.3) is 11.3 Å². The first kappa shape index (κ1) is 11.1. The highest BCUT2D eigenvalue weighted by atomic mass is 32.1. The van der Waals surface area contributed by atoms with Crippen LogP contribution in [-0.4, -0.2) is 8.75 Å². The lowest BCUT2D eigenvalue weighted by molar-refractivity contribution is 1.23. The summed E-state index contributed by atoms with van der Waals surface area (Å²) in [6.07, 6.45) is 0. The highest BCUT2D eigenvalue weighted by Crippen LogP contribution is 2.33. The molecule has 0 amide bonds. The highest BCUT2D eigenvalue weighted by molar-refractivity contribution is 6.99. The highest BCUT2D eigenvalue weighted by Gasteiger charge is 2.15.